The van der Waals surface area contributed by atoms with E-state index >= 15 is 0 Å². The van der Waals surface area contributed by atoms with Crippen LogP contribution in [0.2, 0.25) is 0 Å². The van der Waals surface area contributed by atoms with Crippen LogP contribution in [0.25, 0.3) is 0 Å². The van der Waals surface area contributed by atoms with Gasteiger partial charge in [0.05, 0.1) is 11.7 Å². The van der Waals surface area contributed by atoms with Crippen molar-refractivity contribution in [3.05, 3.63) is 11.8 Å². The van der Waals surface area contributed by atoms with Gasteiger partial charge >= 0.3 is 5.97 Å². The van der Waals surface area contributed by atoms with Crippen molar-refractivity contribution in [1.29, 1.82) is 0 Å². The van der Waals surface area contributed by atoms with Crippen molar-refractivity contribution in [2.75, 3.05) is 0 Å². The van der Waals surface area contributed by atoms with Crippen molar-refractivity contribution in [3.8, 4) is 0 Å². The fraction of sp³-hybridized carbons (Fsp3) is 0.733. The molecule has 1 saturated carbocycles. The Morgan fingerprint density at radius 3 is 2.65 bits per heavy atom. The summed E-state index contributed by atoms with van der Waals surface area (Å²) in [5.74, 6) is -0.487. The van der Waals surface area contributed by atoms with Crippen molar-refractivity contribution in [3.63, 3.8) is 0 Å². The van der Waals surface area contributed by atoms with E-state index < -0.39 is 18.0 Å². The van der Waals surface area contributed by atoms with E-state index in [2.05, 4.69) is 6.92 Å². The van der Waals surface area contributed by atoms with E-state index in [9.17, 15) is 14.7 Å². The van der Waals surface area contributed by atoms with Gasteiger partial charge in [0.2, 0.25) is 5.91 Å². The molecule has 3 unspecified atom stereocenters. The van der Waals surface area contributed by atoms with Gasteiger partial charge in [-0.25, -0.2) is 0 Å². The Kier molecular flexibility index (Phi) is 6.71. The molecule has 0 radical (unpaired) electrons. The highest BCUT2D eigenvalue weighted by Crippen LogP contribution is 2.35. The fourth-order valence-electron chi connectivity index (χ4n) is 2.88. The standard InChI is InChI=1S/C15H25NO4/c1-3-4-11-5-6-14(18)12(7-11)8-13(15(16)19)9-20-10(2)17/h9,11-12,14,18H,3-8H2,1-2H3,(H2,16,19)/b13-9-. The molecule has 0 aromatic heterocycles. The maximum Gasteiger partial charge on any atom is 0.307 e. The molecule has 3 N–H and O–H groups in total. The maximum absolute atomic E-state index is 11.4. The number of rotatable bonds is 6. The Balaban J connectivity index is 2.67. The molecule has 0 heterocycles. The molecular weight excluding hydrogens is 258 g/mol. The van der Waals surface area contributed by atoms with Gasteiger partial charge in [0.1, 0.15) is 6.26 Å². The lowest BCUT2D eigenvalue weighted by Gasteiger charge is -2.33. The zero-order valence-corrected chi connectivity index (χ0v) is 12.3. The average Bonchev–Trinajstić information content (AvgIpc) is 2.37. The molecule has 1 rings (SSSR count). The normalized spacial score (nSPS) is 27.1. The summed E-state index contributed by atoms with van der Waals surface area (Å²) in [7, 11) is 0. The molecule has 1 aliphatic carbocycles. The summed E-state index contributed by atoms with van der Waals surface area (Å²) in [6.07, 6.45) is 6.02. The lowest BCUT2D eigenvalue weighted by Crippen LogP contribution is -2.31. The number of primary amides is 1. The topological polar surface area (TPSA) is 89.6 Å². The molecule has 1 aliphatic rings. The van der Waals surface area contributed by atoms with Crippen LogP contribution in [-0.4, -0.2) is 23.1 Å². The van der Waals surface area contributed by atoms with Gasteiger partial charge in [-0.15, -0.1) is 0 Å². The largest absolute Gasteiger partial charge is 0.434 e. The van der Waals surface area contributed by atoms with Crippen LogP contribution in [-0.2, 0) is 14.3 Å². The molecule has 0 aliphatic heterocycles. The van der Waals surface area contributed by atoms with Gasteiger partial charge in [-0.05, 0) is 37.5 Å². The van der Waals surface area contributed by atoms with Crippen molar-refractivity contribution in [1.82, 2.24) is 0 Å². The van der Waals surface area contributed by atoms with Crippen LogP contribution in [0.5, 0.6) is 0 Å². The predicted molar refractivity (Wildman–Crippen MR) is 75.4 cm³/mol. The van der Waals surface area contributed by atoms with Crippen LogP contribution in [0.4, 0.5) is 0 Å². The first kappa shape index (κ1) is 16.7. The van der Waals surface area contributed by atoms with Crippen LogP contribution in [0.1, 0.15) is 52.4 Å². The molecule has 5 heteroatoms. The molecule has 0 aromatic carbocycles. The Morgan fingerprint density at radius 1 is 1.40 bits per heavy atom. The van der Waals surface area contributed by atoms with Crippen LogP contribution < -0.4 is 5.73 Å². The monoisotopic (exact) mass is 283 g/mol. The van der Waals surface area contributed by atoms with E-state index in [0.717, 1.165) is 38.4 Å². The second-order valence-electron chi connectivity index (χ2n) is 5.62. The van der Waals surface area contributed by atoms with E-state index in [1.807, 2.05) is 0 Å². The summed E-state index contributed by atoms with van der Waals surface area (Å²) in [6, 6.07) is 0. The minimum Gasteiger partial charge on any atom is -0.434 e. The number of ether oxygens (including phenoxy) is 1. The number of amides is 1. The van der Waals surface area contributed by atoms with Crippen molar-refractivity contribution >= 4 is 11.9 Å². The van der Waals surface area contributed by atoms with Gasteiger partial charge in [-0.2, -0.15) is 0 Å². The Labute approximate surface area is 120 Å². The number of hydrogen-bond donors (Lipinski definition) is 2. The van der Waals surface area contributed by atoms with Crippen LogP contribution in [0.3, 0.4) is 0 Å². The molecule has 3 atom stereocenters. The predicted octanol–water partition coefficient (Wildman–Crippen LogP) is 1.89. The molecular formula is C15H25NO4. The lowest BCUT2D eigenvalue weighted by atomic mass is 9.75. The average molecular weight is 283 g/mol. The molecule has 5 nitrogen and oxygen atoms in total. The van der Waals surface area contributed by atoms with Crippen molar-refractivity contribution in [2.24, 2.45) is 17.6 Å². The third-order valence-electron chi connectivity index (χ3n) is 3.91. The molecule has 0 aromatic rings. The van der Waals surface area contributed by atoms with Gasteiger partial charge in [0, 0.05) is 6.92 Å². The van der Waals surface area contributed by atoms with Crippen LogP contribution in [0, 0.1) is 11.8 Å². The van der Waals surface area contributed by atoms with Crippen molar-refractivity contribution < 1.29 is 19.4 Å². The van der Waals surface area contributed by atoms with Gasteiger partial charge in [-0.3, -0.25) is 9.59 Å². The molecule has 0 spiro atoms. The first-order chi connectivity index (χ1) is 9.43. The lowest BCUT2D eigenvalue weighted by molar-refractivity contribution is -0.135. The van der Waals surface area contributed by atoms with E-state index in [1.165, 1.54) is 6.92 Å². The summed E-state index contributed by atoms with van der Waals surface area (Å²) in [5.41, 5.74) is 5.56. The number of esters is 1. The highest BCUT2D eigenvalue weighted by molar-refractivity contribution is 5.91. The number of aliphatic hydroxyl groups excluding tert-OH is 1. The summed E-state index contributed by atoms with van der Waals surface area (Å²) >= 11 is 0. The zero-order valence-electron chi connectivity index (χ0n) is 12.3. The van der Waals surface area contributed by atoms with Crippen LogP contribution in [0.15, 0.2) is 11.8 Å². The number of nitrogens with two attached hydrogens (primary N) is 1. The molecule has 0 saturated heterocycles. The number of aliphatic hydroxyl groups is 1. The van der Waals surface area contributed by atoms with E-state index in [1.54, 1.807) is 0 Å². The third kappa shape index (κ3) is 5.33. The smallest absolute Gasteiger partial charge is 0.307 e. The Bertz CT molecular complexity index is 378. The minimum atomic E-state index is -0.601. The second-order valence-corrected chi connectivity index (χ2v) is 5.62. The Morgan fingerprint density at radius 2 is 2.10 bits per heavy atom. The van der Waals surface area contributed by atoms with E-state index in [4.69, 9.17) is 10.5 Å². The summed E-state index contributed by atoms with van der Waals surface area (Å²) in [4.78, 5) is 22.2. The van der Waals surface area contributed by atoms with Crippen LogP contribution >= 0.6 is 0 Å². The summed E-state index contributed by atoms with van der Waals surface area (Å²) < 4.78 is 4.73. The van der Waals surface area contributed by atoms with Gasteiger partial charge in [0.15, 0.2) is 0 Å². The first-order valence-electron chi connectivity index (χ1n) is 7.28. The quantitative estimate of drug-likeness (QED) is 0.442. The number of hydrogen-bond acceptors (Lipinski definition) is 4. The highest BCUT2D eigenvalue weighted by atomic mass is 16.5. The van der Waals surface area contributed by atoms with Crippen molar-refractivity contribution in [2.45, 2.75) is 58.5 Å². The zero-order chi connectivity index (χ0) is 15.1. The number of carbonyl (C=O) groups is 2. The van der Waals surface area contributed by atoms with E-state index in [-0.39, 0.29) is 11.5 Å². The SMILES string of the molecule is CCCC1CCC(O)C(C/C(=C/OC(C)=O)C(N)=O)C1. The molecule has 114 valence electrons. The highest BCUT2D eigenvalue weighted by Gasteiger charge is 2.30. The summed E-state index contributed by atoms with van der Waals surface area (Å²) in [5, 5.41) is 10.1. The van der Waals surface area contributed by atoms with Gasteiger partial charge in [0.25, 0.3) is 0 Å². The minimum absolute atomic E-state index is 0.00890. The van der Waals surface area contributed by atoms with Gasteiger partial charge in [-0.1, -0.05) is 19.8 Å². The third-order valence-corrected chi connectivity index (χ3v) is 3.91. The number of carbonyl (C=O) groups excluding carboxylic acids is 2. The molecule has 1 amide bonds. The molecule has 20 heavy (non-hydrogen) atoms. The molecule has 1 fully saturated rings. The first-order valence-corrected chi connectivity index (χ1v) is 7.28. The molecule has 0 bridgehead atoms. The Hall–Kier alpha value is -1.36. The van der Waals surface area contributed by atoms with Gasteiger partial charge < -0.3 is 15.6 Å². The second kappa shape index (κ2) is 8.04. The fourth-order valence-corrected chi connectivity index (χ4v) is 2.88. The van der Waals surface area contributed by atoms with E-state index in [0.29, 0.717) is 12.3 Å². The summed E-state index contributed by atoms with van der Waals surface area (Å²) in [6.45, 7) is 3.41. The maximum atomic E-state index is 11.4.